The lowest BCUT2D eigenvalue weighted by atomic mass is 10.2. The Labute approximate surface area is 110 Å². The predicted octanol–water partition coefficient (Wildman–Crippen LogP) is 1.33. The Kier molecular flexibility index (Phi) is 2.75. The molecule has 0 aliphatic heterocycles. The minimum Gasteiger partial charge on any atom is -0.304 e. The van der Waals surface area contributed by atoms with E-state index in [9.17, 15) is 14.0 Å². The zero-order chi connectivity index (χ0) is 13.4. The lowest BCUT2D eigenvalue weighted by molar-refractivity contribution is 0.590. The number of benzene rings is 1. The maximum Gasteiger partial charge on any atom is 0.329 e. The molecule has 2 heterocycles. The predicted molar refractivity (Wildman–Crippen MR) is 70.0 cm³/mol. The molecule has 3 rings (SSSR count). The van der Waals surface area contributed by atoms with E-state index in [0.29, 0.717) is 5.52 Å². The molecule has 0 fully saturated rings. The van der Waals surface area contributed by atoms with Crippen LogP contribution in [-0.2, 0) is 6.54 Å². The number of halogens is 1. The van der Waals surface area contributed by atoms with Crippen LogP contribution in [0.3, 0.4) is 0 Å². The minimum absolute atomic E-state index is 0.117. The van der Waals surface area contributed by atoms with Crippen LogP contribution in [-0.4, -0.2) is 13.9 Å². The first-order valence-corrected chi connectivity index (χ1v) is 6.31. The molecule has 0 radical (unpaired) electrons. The number of hydrogen-bond acceptors (Lipinski definition) is 4. The maximum atomic E-state index is 13.6. The van der Waals surface area contributed by atoms with Crippen molar-refractivity contribution in [1.82, 2.24) is 13.9 Å². The summed E-state index contributed by atoms with van der Waals surface area (Å²) >= 11 is 1.09. The van der Waals surface area contributed by atoms with E-state index >= 15 is 0 Å². The molecular formula is C12H8FN3O2S. The van der Waals surface area contributed by atoms with E-state index in [1.165, 1.54) is 12.1 Å². The molecule has 1 aromatic carbocycles. The van der Waals surface area contributed by atoms with Gasteiger partial charge in [0.1, 0.15) is 5.82 Å². The van der Waals surface area contributed by atoms with Crippen LogP contribution < -0.4 is 11.2 Å². The van der Waals surface area contributed by atoms with Crippen molar-refractivity contribution >= 4 is 22.6 Å². The van der Waals surface area contributed by atoms with Gasteiger partial charge in [-0.2, -0.15) is 4.37 Å². The number of aromatic amines is 1. The highest BCUT2D eigenvalue weighted by molar-refractivity contribution is 7.04. The van der Waals surface area contributed by atoms with Crippen molar-refractivity contribution in [2.45, 2.75) is 6.54 Å². The molecule has 0 atom stereocenters. The molecule has 0 saturated carbocycles. The van der Waals surface area contributed by atoms with Crippen LogP contribution in [0, 0.1) is 5.82 Å². The molecule has 3 aromatic rings. The van der Waals surface area contributed by atoms with Gasteiger partial charge >= 0.3 is 5.69 Å². The van der Waals surface area contributed by atoms with Gasteiger partial charge in [-0.1, -0.05) is 18.2 Å². The summed E-state index contributed by atoms with van der Waals surface area (Å²) in [5, 5.41) is 1.59. The highest BCUT2D eigenvalue weighted by Gasteiger charge is 2.11. The standard InChI is InChI=1S/C12H8FN3O2S/c13-8-4-2-1-3-7(8)5-16-11(17)10-9(6-19-15-10)14-12(16)18/h1-4,6H,5H2,(H,14,18). The number of fused-ring (bicyclic) bond motifs is 1. The van der Waals surface area contributed by atoms with Crippen LogP contribution >= 0.6 is 11.5 Å². The molecule has 19 heavy (non-hydrogen) atoms. The second kappa shape index (κ2) is 4.43. The van der Waals surface area contributed by atoms with Crippen molar-refractivity contribution in [2.24, 2.45) is 0 Å². The van der Waals surface area contributed by atoms with Crippen LogP contribution in [0.25, 0.3) is 11.0 Å². The van der Waals surface area contributed by atoms with Gasteiger partial charge in [0.05, 0.1) is 12.1 Å². The van der Waals surface area contributed by atoms with Crippen molar-refractivity contribution < 1.29 is 4.39 Å². The third-order valence-electron chi connectivity index (χ3n) is 2.79. The van der Waals surface area contributed by atoms with Crippen molar-refractivity contribution in [3.63, 3.8) is 0 Å². The SMILES string of the molecule is O=c1[nH]c2csnc2c(=O)n1Cc1ccccc1F. The zero-order valence-electron chi connectivity index (χ0n) is 9.59. The fourth-order valence-electron chi connectivity index (χ4n) is 1.82. The van der Waals surface area contributed by atoms with Gasteiger partial charge in [-0.15, -0.1) is 0 Å². The number of aromatic nitrogens is 3. The quantitative estimate of drug-likeness (QED) is 0.768. The van der Waals surface area contributed by atoms with E-state index in [0.717, 1.165) is 16.1 Å². The summed E-state index contributed by atoms with van der Waals surface area (Å²) in [7, 11) is 0. The third kappa shape index (κ3) is 1.97. The normalized spacial score (nSPS) is 11.0. The summed E-state index contributed by atoms with van der Waals surface area (Å²) < 4.78 is 18.4. The number of nitrogens with one attached hydrogen (secondary N) is 1. The molecule has 0 amide bonds. The Morgan fingerprint density at radius 1 is 1.32 bits per heavy atom. The first kappa shape index (κ1) is 11.8. The number of H-pyrrole nitrogens is 1. The first-order valence-electron chi connectivity index (χ1n) is 5.47. The summed E-state index contributed by atoms with van der Waals surface area (Å²) in [4.78, 5) is 26.5. The largest absolute Gasteiger partial charge is 0.329 e. The van der Waals surface area contributed by atoms with Gasteiger partial charge < -0.3 is 4.98 Å². The molecule has 0 aliphatic carbocycles. The highest BCUT2D eigenvalue weighted by atomic mass is 32.1. The molecule has 96 valence electrons. The maximum absolute atomic E-state index is 13.6. The van der Waals surface area contributed by atoms with Crippen LogP contribution in [0.15, 0.2) is 39.2 Å². The average molecular weight is 277 g/mol. The van der Waals surface area contributed by atoms with Gasteiger partial charge in [-0.05, 0) is 17.6 Å². The molecule has 5 nitrogen and oxygen atoms in total. The van der Waals surface area contributed by atoms with Crippen molar-refractivity contribution in [3.8, 4) is 0 Å². The highest BCUT2D eigenvalue weighted by Crippen LogP contribution is 2.08. The molecule has 0 saturated heterocycles. The summed E-state index contributed by atoms with van der Waals surface area (Å²) in [5.74, 6) is -0.452. The molecule has 0 aliphatic rings. The summed E-state index contributed by atoms with van der Waals surface area (Å²) in [5.41, 5.74) is -0.195. The molecule has 7 heteroatoms. The minimum atomic E-state index is -0.569. The second-order valence-electron chi connectivity index (χ2n) is 3.99. The Morgan fingerprint density at radius 2 is 2.11 bits per heavy atom. The van der Waals surface area contributed by atoms with Crippen molar-refractivity contribution in [1.29, 1.82) is 0 Å². The summed E-state index contributed by atoms with van der Waals surface area (Å²) in [6, 6.07) is 6.02. The molecule has 0 unspecified atom stereocenters. The van der Waals surface area contributed by atoms with Gasteiger partial charge in [0, 0.05) is 10.9 Å². The Balaban J connectivity index is 2.18. The zero-order valence-corrected chi connectivity index (χ0v) is 10.4. The van der Waals surface area contributed by atoms with Gasteiger partial charge in [-0.25, -0.2) is 9.18 Å². The van der Waals surface area contributed by atoms with E-state index < -0.39 is 17.1 Å². The summed E-state index contributed by atoms with van der Waals surface area (Å²) in [6.07, 6.45) is 0. The monoisotopic (exact) mass is 277 g/mol. The van der Waals surface area contributed by atoms with E-state index in [2.05, 4.69) is 9.36 Å². The topological polar surface area (TPSA) is 67.8 Å². The van der Waals surface area contributed by atoms with E-state index in [-0.39, 0.29) is 17.6 Å². The van der Waals surface area contributed by atoms with E-state index in [1.54, 1.807) is 17.5 Å². The van der Waals surface area contributed by atoms with E-state index in [4.69, 9.17) is 0 Å². The fraction of sp³-hybridized carbons (Fsp3) is 0.0833. The van der Waals surface area contributed by atoms with E-state index in [1.807, 2.05) is 0 Å². The lowest BCUT2D eigenvalue weighted by Crippen LogP contribution is -2.35. The number of hydrogen-bond donors (Lipinski definition) is 1. The van der Waals surface area contributed by atoms with Gasteiger partial charge in [-0.3, -0.25) is 9.36 Å². The van der Waals surface area contributed by atoms with Gasteiger partial charge in [0.2, 0.25) is 0 Å². The second-order valence-corrected chi connectivity index (χ2v) is 4.62. The van der Waals surface area contributed by atoms with Gasteiger partial charge in [0.25, 0.3) is 5.56 Å². The molecule has 2 aromatic heterocycles. The number of nitrogens with zero attached hydrogens (tertiary/aromatic N) is 2. The average Bonchev–Trinajstić information content (AvgIpc) is 2.84. The molecule has 1 N–H and O–H groups in total. The van der Waals surface area contributed by atoms with Gasteiger partial charge in [0.15, 0.2) is 5.52 Å². The fourth-order valence-corrected chi connectivity index (χ4v) is 2.43. The Bertz CT molecular complexity index is 865. The Morgan fingerprint density at radius 3 is 2.89 bits per heavy atom. The summed E-state index contributed by atoms with van der Waals surface area (Å²) in [6.45, 7) is -0.117. The Hall–Kier alpha value is -2.28. The van der Waals surface area contributed by atoms with Crippen LogP contribution in [0.2, 0.25) is 0 Å². The first-order chi connectivity index (χ1) is 9.16. The molecule has 0 spiro atoms. The van der Waals surface area contributed by atoms with Crippen LogP contribution in [0.1, 0.15) is 5.56 Å². The van der Waals surface area contributed by atoms with Crippen LogP contribution in [0.5, 0.6) is 0 Å². The molecule has 0 bridgehead atoms. The molecular weight excluding hydrogens is 269 g/mol. The smallest absolute Gasteiger partial charge is 0.304 e. The lowest BCUT2D eigenvalue weighted by Gasteiger charge is -2.05. The third-order valence-corrected chi connectivity index (χ3v) is 3.42. The van der Waals surface area contributed by atoms with Crippen LogP contribution in [0.4, 0.5) is 4.39 Å². The van der Waals surface area contributed by atoms with Crippen molar-refractivity contribution in [2.75, 3.05) is 0 Å². The van der Waals surface area contributed by atoms with Crippen molar-refractivity contribution in [3.05, 3.63) is 61.9 Å². The number of rotatable bonds is 2.